The molecule has 12 heteroatoms. The minimum Gasteiger partial charge on any atom is -0.338 e. The number of hydrogen-bond acceptors (Lipinski definition) is 8. The number of nitrogens with two attached hydrogens (primary N) is 3. The van der Waals surface area contributed by atoms with Gasteiger partial charge in [0.1, 0.15) is 5.82 Å². The molecule has 2 aromatic rings. The standard InChI is InChI=1S/C25H35N9O3/c26-7-5-20(27)23(35)32-9-11-33(12-10-32)24(36)29-21-6-8-34(25(37)30-21)17-3-1-16(2-4-17)13-31-14-18-19(15-31)22(18)28/h1-4,6,8,18-20,22H,5,7,9-15,26-28H2,(H,29,30,36,37)/t18-,19+,20-,22?/m0/s1. The lowest BCUT2D eigenvalue weighted by Gasteiger charge is -2.35. The van der Waals surface area contributed by atoms with Crippen LogP contribution in [0.25, 0.3) is 5.69 Å². The highest BCUT2D eigenvalue weighted by Crippen LogP contribution is 2.44. The molecule has 1 aliphatic carbocycles. The van der Waals surface area contributed by atoms with Crippen molar-refractivity contribution in [2.75, 3.05) is 51.1 Å². The monoisotopic (exact) mass is 509 g/mol. The third-order valence-electron chi connectivity index (χ3n) is 7.67. The highest BCUT2D eigenvalue weighted by atomic mass is 16.2. The molecule has 2 aliphatic heterocycles. The second kappa shape index (κ2) is 10.6. The average molecular weight is 510 g/mol. The molecule has 0 bridgehead atoms. The van der Waals surface area contributed by atoms with E-state index < -0.39 is 11.7 Å². The Hall–Kier alpha value is -3.32. The van der Waals surface area contributed by atoms with Gasteiger partial charge in [-0.3, -0.25) is 19.6 Å². The number of amides is 3. The van der Waals surface area contributed by atoms with Crippen LogP contribution in [0.4, 0.5) is 10.6 Å². The van der Waals surface area contributed by atoms with E-state index in [9.17, 15) is 14.4 Å². The van der Waals surface area contributed by atoms with Gasteiger partial charge in [0.2, 0.25) is 5.91 Å². The predicted octanol–water partition coefficient (Wildman–Crippen LogP) is -1.03. The van der Waals surface area contributed by atoms with Crippen molar-refractivity contribution in [2.24, 2.45) is 29.0 Å². The SMILES string of the molecule is NCC[C@H](N)C(=O)N1CCN(C(=O)Nc2ccn(-c3ccc(CN4C[C@@H]5C(N)[C@@H]5C4)cc3)c(=O)n2)CC1. The topological polar surface area (TPSA) is 169 Å². The molecule has 3 aliphatic rings. The van der Waals surface area contributed by atoms with Crippen LogP contribution in [-0.2, 0) is 11.3 Å². The first kappa shape index (κ1) is 25.3. The van der Waals surface area contributed by atoms with E-state index in [-0.39, 0.29) is 17.8 Å². The molecule has 3 fully saturated rings. The van der Waals surface area contributed by atoms with Gasteiger partial charge in [0, 0.05) is 58.1 Å². The molecule has 3 amide bonds. The van der Waals surface area contributed by atoms with Crippen molar-refractivity contribution in [3.05, 3.63) is 52.6 Å². The number of benzene rings is 1. The summed E-state index contributed by atoms with van der Waals surface area (Å²) >= 11 is 0. The number of likely N-dealkylation sites (tertiary alicyclic amines) is 1. The van der Waals surface area contributed by atoms with Gasteiger partial charge in [0.05, 0.1) is 11.7 Å². The number of carbonyl (C=O) groups is 2. The maximum atomic E-state index is 12.7. The first-order valence-electron chi connectivity index (χ1n) is 12.8. The maximum Gasteiger partial charge on any atom is 0.354 e. The van der Waals surface area contributed by atoms with Gasteiger partial charge in [-0.05, 0) is 48.6 Å². The van der Waals surface area contributed by atoms with Gasteiger partial charge in [0.15, 0.2) is 0 Å². The van der Waals surface area contributed by atoms with Crippen molar-refractivity contribution in [1.82, 2.24) is 24.3 Å². The lowest BCUT2D eigenvalue weighted by Crippen LogP contribution is -2.55. The van der Waals surface area contributed by atoms with E-state index in [4.69, 9.17) is 17.2 Å². The number of nitrogens with zero attached hydrogens (tertiary/aromatic N) is 5. The minimum absolute atomic E-state index is 0.152. The van der Waals surface area contributed by atoms with Gasteiger partial charge in [-0.2, -0.15) is 4.98 Å². The number of hydrogen-bond donors (Lipinski definition) is 4. The van der Waals surface area contributed by atoms with Crippen LogP contribution in [0.5, 0.6) is 0 Å². The second-order valence-corrected chi connectivity index (χ2v) is 10.2. The first-order valence-corrected chi connectivity index (χ1v) is 12.8. The molecule has 198 valence electrons. The fourth-order valence-electron chi connectivity index (χ4n) is 5.33. The minimum atomic E-state index is -0.618. The Balaban J connectivity index is 1.13. The quantitative estimate of drug-likeness (QED) is 0.367. The van der Waals surface area contributed by atoms with Crippen LogP contribution in [0.1, 0.15) is 12.0 Å². The van der Waals surface area contributed by atoms with E-state index in [0.29, 0.717) is 62.7 Å². The number of rotatable bonds is 7. The van der Waals surface area contributed by atoms with Crippen molar-refractivity contribution < 1.29 is 9.59 Å². The molecule has 0 radical (unpaired) electrons. The van der Waals surface area contributed by atoms with Crippen LogP contribution in [0.3, 0.4) is 0 Å². The molecule has 4 atom stereocenters. The Morgan fingerprint density at radius 3 is 2.30 bits per heavy atom. The third-order valence-corrected chi connectivity index (χ3v) is 7.67. The zero-order valence-electron chi connectivity index (χ0n) is 20.8. The molecule has 37 heavy (non-hydrogen) atoms. The summed E-state index contributed by atoms with van der Waals surface area (Å²) in [5.74, 6) is 1.34. The molecule has 12 nitrogen and oxygen atoms in total. The van der Waals surface area contributed by atoms with E-state index in [1.807, 2.05) is 24.3 Å². The largest absolute Gasteiger partial charge is 0.354 e. The van der Waals surface area contributed by atoms with Gasteiger partial charge in [0.25, 0.3) is 0 Å². The Kier molecular flexibility index (Phi) is 7.24. The van der Waals surface area contributed by atoms with Crippen LogP contribution in [0.15, 0.2) is 41.3 Å². The average Bonchev–Trinajstić information content (AvgIpc) is 3.28. The summed E-state index contributed by atoms with van der Waals surface area (Å²) in [5.41, 5.74) is 18.8. The van der Waals surface area contributed by atoms with Crippen LogP contribution in [0, 0.1) is 11.8 Å². The number of urea groups is 1. The van der Waals surface area contributed by atoms with Crippen LogP contribution in [0.2, 0.25) is 0 Å². The Morgan fingerprint density at radius 2 is 1.68 bits per heavy atom. The van der Waals surface area contributed by atoms with Crippen molar-refractivity contribution in [3.63, 3.8) is 0 Å². The Bertz CT molecular complexity index is 1180. The fraction of sp³-hybridized carbons (Fsp3) is 0.520. The van der Waals surface area contributed by atoms with Crippen molar-refractivity contribution in [1.29, 1.82) is 0 Å². The highest BCUT2D eigenvalue weighted by molar-refractivity contribution is 5.88. The number of nitrogens with one attached hydrogen (secondary N) is 1. The summed E-state index contributed by atoms with van der Waals surface area (Å²) in [7, 11) is 0. The summed E-state index contributed by atoms with van der Waals surface area (Å²) in [6.45, 7) is 4.85. The molecule has 0 spiro atoms. The van der Waals surface area contributed by atoms with Crippen molar-refractivity contribution in [3.8, 4) is 5.69 Å². The molecule has 3 heterocycles. The molecule has 1 unspecified atom stereocenters. The number of anilines is 1. The van der Waals surface area contributed by atoms with Gasteiger partial charge in [-0.15, -0.1) is 0 Å². The molecule has 1 saturated carbocycles. The van der Waals surface area contributed by atoms with Gasteiger partial charge in [-0.1, -0.05) is 12.1 Å². The molecule has 2 saturated heterocycles. The predicted molar refractivity (Wildman–Crippen MR) is 139 cm³/mol. The number of fused-ring (bicyclic) bond motifs is 1. The van der Waals surface area contributed by atoms with E-state index in [1.54, 1.807) is 22.1 Å². The molecular formula is C25H35N9O3. The lowest BCUT2D eigenvalue weighted by atomic mass is 10.2. The molecule has 7 N–H and O–H groups in total. The van der Waals surface area contributed by atoms with E-state index in [2.05, 4.69) is 15.2 Å². The highest BCUT2D eigenvalue weighted by Gasteiger charge is 2.53. The molecule has 1 aromatic carbocycles. The summed E-state index contributed by atoms with van der Waals surface area (Å²) in [6, 6.07) is 8.85. The fourth-order valence-corrected chi connectivity index (χ4v) is 5.33. The summed E-state index contributed by atoms with van der Waals surface area (Å²) in [5, 5.41) is 2.68. The van der Waals surface area contributed by atoms with Crippen LogP contribution < -0.4 is 28.2 Å². The number of piperazine rings is 1. The Labute approximate surface area is 215 Å². The lowest BCUT2D eigenvalue weighted by molar-refractivity contribution is -0.134. The number of aromatic nitrogens is 2. The van der Waals surface area contributed by atoms with Crippen LogP contribution >= 0.6 is 0 Å². The zero-order valence-corrected chi connectivity index (χ0v) is 20.8. The summed E-state index contributed by atoms with van der Waals surface area (Å²) in [6.07, 6.45) is 2.03. The van der Waals surface area contributed by atoms with E-state index in [1.165, 1.54) is 10.1 Å². The van der Waals surface area contributed by atoms with E-state index >= 15 is 0 Å². The van der Waals surface area contributed by atoms with Gasteiger partial charge >= 0.3 is 11.7 Å². The summed E-state index contributed by atoms with van der Waals surface area (Å²) in [4.78, 5) is 47.4. The number of carbonyl (C=O) groups excluding carboxylic acids is 2. The van der Waals surface area contributed by atoms with Gasteiger partial charge < -0.3 is 27.0 Å². The third kappa shape index (κ3) is 5.52. The first-order chi connectivity index (χ1) is 17.8. The van der Waals surface area contributed by atoms with E-state index in [0.717, 1.165) is 19.6 Å². The molecular weight excluding hydrogens is 474 g/mol. The normalized spacial score (nSPS) is 24.0. The number of piperidine rings is 1. The second-order valence-electron chi connectivity index (χ2n) is 10.2. The maximum absolute atomic E-state index is 12.7. The molecule has 1 aromatic heterocycles. The van der Waals surface area contributed by atoms with Crippen molar-refractivity contribution in [2.45, 2.75) is 25.0 Å². The Morgan fingerprint density at radius 1 is 1.03 bits per heavy atom. The summed E-state index contributed by atoms with van der Waals surface area (Å²) < 4.78 is 1.44. The van der Waals surface area contributed by atoms with Crippen LogP contribution in [-0.4, -0.2) is 94.1 Å². The smallest absolute Gasteiger partial charge is 0.338 e. The zero-order chi connectivity index (χ0) is 26.1. The molecule has 5 rings (SSSR count). The van der Waals surface area contributed by atoms with Gasteiger partial charge in [-0.25, -0.2) is 9.59 Å². The van der Waals surface area contributed by atoms with Crippen molar-refractivity contribution >= 4 is 17.8 Å².